The normalized spacial score (nSPS) is 23.7. The van der Waals surface area contributed by atoms with Crippen molar-refractivity contribution in [2.24, 2.45) is 0 Å². The van der Waals surface area contributed by atoms with Crippen LogP contribution in [0.4, 0.5) is 10.6 Å². The minimum atomic E-state index is -0.498. The Morgan fingerprint density at radius 3 is 2.75 bits per heavy atom. The third-order valence-electron chi connectivity index (χ3n) is 3.68. The van der Waals surface area contributed by atoms with Gasteiger partial charge in [-0.15, -0.1) is 0 Å². The van der Waals surface area contributed by atoms with Gasteiger partial charge in [0.25, 0.3) is 0 Å². The van der Waals surface area contributed by atoms with Crippen molar-refractivity contribution in [3.63, 3.8) is 0 Å². The van der Waals surface area contributed by atoms with E-state index in [1.165, 1.54) is 0 Å². The fourth-order valence-electron chi connectivity index (χ4n) is 2.62. The molecule has 0 spiro atoms. The molecule has 3 N–H and O–H groups in total. The number of ether oxygens (including phenoxy) is 1. The lowest BCUT2D eigenvalue weighted by Crippen LogP contribution is -2.52. The zero-order valence-corrected chi connectivity index (χ0v) is 12.7. The highest BCUT2D eigenvalue weighted by atomic mass is 16.6. The molecule has 6 nitrogen and oxygen atoms in total. The third-order valence-corrected chi connectivity index (χ3v) is 3.68. The lowest BCUT2D eigenvalue weighted by molar-refractivity contribution is -0.0137. The summed E-state index contributed by atoms with van der Waals surface area (Å²) in [6, 6.07) is 1.79. The summed E-state index contributed by atoms with van der Waals surface area (Å²) in [7, 11) is 0. The second kappa shape index (κ2) is 5.00. The molecule has 112 valence electrons. The number of anilines is 1. The van der Waals surface area contributed by atoms with Crippen LogP contribution in [0.5, 0.6) is 0 Å². The maximum absolute atomic E-state index is 12.4. The zero-order valence-electron chi connectivity index (χ0n) is 12.7. The van der Waals surface area contributed by atoms with E-state index in [0.29, 0.717) is 12.4 Å². The zero-order chi connectivity index (χ0) is 15.0. The van der Waals surface area contributed by atoms with Crippen molar-refractivity contribution in [3.05, 3.63) is 11.8 Å². The number of rotatable bonds is 1. The maximum Gasteiger partial charge on any atom is 0.411 e. The molecule has 2 rings (SSSR count). The molecule has 1 unspecified atom stereocenters. The van der Waals surface area contributed by atoms with Crippen molar-refractivity contribution in [3.8, 4) is 0 Å². The minimum Gasteiger partial charge on any atom is -0.444 e. The predicted molar refractivity (Wildman–Crippen MR) is 77.1 cm³/mol. The molecule has 2 heterocycles. The van der Waals surface area contributed by atoms with E-state index in [2.05, 4.69) is 10.2 Å². The van der Waals surface area contributed by atoms with E-state index in [4.69, 9.17) is 10.5 Å². The van der Waals surface area contributed by atoms with Gasteiger partial charge in [-0.05, 0) is 47.0 Å². The van der Waals surface area contributed by atoms with E-state index in [0.717, 1.165) is 25.0 Å². The summed E-state index contributed by atoms with van der Waals surface area (Å²) < 4.78 is 5.52. The van der Waals surface area contributed by atoms with Gasteiger partial charge in [-0.2, -0.15) is 5.10 Å². The van der Waals surface area contributed by atoms with Crippen LogP contribution in [0.3, 0.4) is 0 Å². The number of nitrogens with zero attached hydrogens (tertiary/aromatic N) is 2. The molecular formula is C14H24N4O2. The molecule has 1 aliphatic rings. The lowest BCUT2D eigenvalue weighted by Gasteiger charge is -2.44. The van der Waals surface area contributed by atoms with Crippen molar-refractivity contribution < 1.29 is 9.53 Å². The number of carbonyl (C=O) groups is 1. The quantitative estimate of drug-likeness (QED) is 0.828. The number of hydrogen-bond donors (Lipinski definition) is 2. The maximum atomic E-state index is 12.4. The second-order valence-electron chi connectivity index (χ2n) is 6.57. The summed E-state index contributed by atoms with van der Waals surface area (Å²) in [6.07, 6.45) is 2.63. The molecule has 6 heteroatoms. The van der Waals surface area contributed by atoms with Crippen LogP contribution < -0.4 is 5.73 Å². The first-order valence-corrected chi connectivity index (χ1v) is 7.04. The van der Waals surface area contributed by atoms with Gasteiger partial charge < -0.3 is 10.5 Å². The van der Waals surface area contributed by atoms with Crippen molar-refractivity contribution in [1.82, 2.24) is 15.1 Å². The van der Waals surface area contributed by atoms with Crippen LogP contribution in [0.1, 0.15) is 52.7 Å². The number of hydrogen-bond acceptors (Lipinski definition) is 4. The average molecular weight is 280 g/mol. The van der Waals surface area contributed by atoms with Crippen molar-refractivity contribution in [1.29, 1.82) is 0 Å². The molecule has 0 radical (unpaired) electrons. The van der Waals surface area contributed by atoms with E-state index in [1.54, 1.807) is 11.0 Å². The smallest absolute Gasteiger partial charge is 0.411 e. The summed E-state index contributed by atoms with van der Waals surface area (Å²) in [5.74, 6) is 0.441. The molecule has 0 aliphatic carbocycles. The molecule has 0 bridgehead atoms. The minimum absolute atomic E-state index is 0.284. The monoisotopic (exact) mass is 280 g/mol. The molecule has 1 saturated heterocycles. The van der Waals surface area contributed by atoms with Gasteiger partial charge in [-0.25, -0.2) is 4.79 Å². The number of H-pyrrole nitrogens is 1. The molecule has 0 saturated carbocycles. The number of likely N-dealkylation sites (tertiary alicyclic amines) is 1. The van der Waals surface area contributed by atoms with E-state index < -0.39 is 11.1 Å². The summed E-state index contributed by atoms with van der Waals surface area (Å²) in [5.41, 5.74) is 5.62. The molecule has 1 aromatic rings. The average Bonchev–Trinajstić information content (AvgIpc) is 2.74. The van der Waals surface area contributed by atoms with Crippen LogP contribution in [-0.4, -0.2) is 33.3 Å². The topological polar surface area (TPSA) is 84.2 Å². The number of piperidine rings is 1. The first kappa shape index (κ1) is 14.7. The predicted octanol–water partition coefficient (Wildman–Crippen LogP) is 2.63. The Kier molecular flexibility index (Phi) is 3.67. The standard InChI is InChI=1S/C14H24N4O2/c1-13(2,3)20-12(19)18-8-6-5-7-14(18,4)10-9-11(15)17-16-10/h9H,5-8H2,1-4H3,(H3,15,16,17). The summed E-state index contributed by atoms with van der Waals surface area (Å²) in [4.78, 5) is 14.2. The molecule has 1 aromatic heterocycles. The van der Waals surface area contributed by atoms with Crippen LogP contribution in [0.15, 0.2) is 6.07 Å². The number of carbonyl (C=O) groups excluding carboxylic acids is 1. The SMILES string of the molecule is CC(C)(C)OC(=O)N1CCCCC1(C)c1cc(N)n[nH]1. The molecule has 1 aliphatic heterocycles. The van der Waals surface area contributed by atoms with Crippen LogP contribution in [-0.2, 0) is 10.3 Å². The number of aromatic nitrogens is 2. The van der Waals surface area contributed by atoms with E-state index >= 15 is 0 Å². The van der Waals surface area contributed by atoms with Crippen LogP contribution in [0.2, 0.25) is 0 Å². The van der Waals surface area contributed by atoms with Gasteiger partial charge in [0.15, 0.2) is 0 Å². The summed E-state index contributed by atoms with van der Waals surface area (Å²) in [5, 5.41) is 6.92. The molecule has 0 aromatic carbocycles. The first-order valence-electron chi connectivity index (χ1n) is 7.04. The van der Waals surface area contributed by atoms with Crippen LogP contribution in [0.25, 0.3) is 0 Å². The fourth-order valence-corrected chi connectivity index (χ4v) is 2.62. The van der Waals surface area contributed by atoms with Crippen LogP contribution >= 0.6 is 0 Å². The number of nitrogens with two attached hydrogens (primary N) is 1. The Morgan fingerprint density at radius 1 is 1.50 bits per heavy atom. The summed E-state index contributed by atoms with van der Waals surface area (Å²) >= 11 is 0. The Morgan fingerprint density at radius 2 is 2.20 bits per heavy atom. The van der Waals surface area contributed by atoms with Gasteiger partial charge in [0, 0.05) is 12.6 Å². The van der Waals surface area contributed by atoms with Crippen molar-refractivity contribution in [2.75, 3.05) is 12.3 Å². The molecular weight excluding hydrogens is 256 g/mol. The molecule has 1 atom stereocenters. The number of aromatic amines is 1. The fraction of sp³-hybridized carbons (Fsp3) is 0.714. The van der Waals surface area contributed by atoms with Gasteiger partial charge in [-0.1, -0.05) is 0 Å². The number of amides is 1. The Bertz CT molecular complexity index is 492. The highest BCUT2D eigenvalue weighted by molar-refractivity contribution is 5.69. The highest BCUT2D eigenvalue weighted by Crippen LogP contribution is 2.37. The Labute approximate surface area is 119 Å². The third kappa shape index (κ3) is 2.89. The molecule has 1 amide bonds. The lowest BCUT2D eigenvalue weighted by atomic mass is 9.86. The molecule has 20 heavy (non-hydrogen) atoms. The largest absolute Gasteiger partial charge is 0.444 e. The highest BCUT2D eigenvalue weighted by Gasteiger charge is 2.42. The van der Waals surface area contributed by atoms with Gasteiger partial charge in [0.05, 0.1) is 11.2 Å². The van der Waals surface area contributed by atoms with Gasteiger partial charge in [0.2, 0.25) is 0 Å². The van der Waals surface area contributed by atoms with Gasteiger partial charge in [-0.3, -0.25) is 10.00 Å². The van der Waals surface area contributed by atoms with E-state index in [1.807, 2.05) is 27.7 Å². The summed E-state index contributed by atoms with van der Waals surface area (Å²) in [6.45, 7) is 8.34. The first-order chi connectivity index (χ1) is 9.22. The Balaban J connectivity index is 2.27. The number of nitrogen functional groups attached to an aromatic ring is 1. The van der Waals surface area contributed by atoms with E-state index in [9.17, 15) is 4.79 Å². The van der Waals surface area contributed by atoms with Gasteiger partial charge in [0.1, 0.15) is 11.4 Å². The Hall–Kier alpha value is -1.72. The second-order valence-corrected chi connectivity index (χ2v) is 6.57. The van der Waals surface area contributed by atoms with Crippen molar-refractivity contribution >= 4 is 11.9 Å². The number of nitrogens with one attached hydrogen (secondary N) is 1. The van der Waals surface area contributed by atoms with E-state index in [-0.39, 0.29) is 6.09 Å². The van der Waals surface area contributed by atoms with Crippen molar-refractivity contribution in [2.45, 2.75) is 58.1 Å². The molecule has 1 fully saturated rings. The van der Waals surface area contributed by atoms with Crippen LogP contribution in [0, 0.1) is 0 Å². The van der Waals surface area contributed by atoms with Gasteiger partial charge >= 0.3 is 6.09 Å².